The first-order valence-corrected chi connectivity index (χ1v) is 7.24. The number of fused-ring (bicyclic) bond motifs is 1. The van der Waals surface area contributed by atoms with Crippen LogP contribution in [-0.4, -0.2) is 23.9 Å². The number of carbonyl (C=O) groups excluding carboxylic acids is 1. The van der Waals surface area contributed by atoms with Gasteiger partial charge in [0.05, 0.1) is 11.0 Å². The van der Waals surface area contributed by atoms with Crippen molar-refractivity contribution in [1.29, 1.82) is 0 Å². The van der Waals surface area contributed by atoms with Crippen molar-refractivity contribution in [2.24, 2.45) is 0 Å². The van der Waals surface area contributed by atoms with Gasteiger partial charge in [-0.15, -0.1) is 0 Å². The lowest BCUT2D eigenvalue weighted by atomic mass is 10.0. The molecule has 112 valence electrons. The van der Waals surface area contributed by atoms with Gasteiger partial charge in [-0.05, 0) is 24.3 Å². The summed E-state index contributed by atoms with van der Waals surface area (Å²) in [6, 6.07) is 9.23. The van der Waals surface area contributed by atoms with Crippen molar-refractivity contribution in [3.63, 3.8) is 0 Å². The highest BCUT2D eigenvalue weighted by Gasteiger charge is 2.26. The Balaban J connectivity index is 2.10. The fourth-order valence-corrected chi connectivity index (χ4v) is 2.43. The van der Waals surface area contributed by atoms with E-state index in [9.17, 15) is 14.9 Å². The zero-order chi connectivity index (χ0) is 15.7. The lowest BCUT2D eigenvalue weighted by Crippen LogP contribution is -2.16. The molecule has 0 unspecified atom stereocenters. The Bertz CT molecular complexity index is 757. The highest BCUT2D eigenvalue weighted by Crippen LogP contribution is 2.37. The van der Waals surface area contributed by atoms with E-state index in [0.29, 0.717) is 24.5 Å². The molecule has 0 aliphatic carbocycles. The summed E-state index contributed by atoms with van der Waals surface area (Å²) in [6.07, 6.45) is 0. The van der Waals surface area contributed by atoms with Crippen LogP contribution in [0.15, 0.2) is 40.9 Å². The van der Waals surface area contributed by atoms with Gasteiger partial charge in [0.25, 0.3) is 5.69 Å². The minimum atomic E-state index is -0.593. The Labute approximate surface area is 133 Å². The number of benzene rings is 2. The number of nitro groups is 1. The molecule has 0 bridgehead atoms. The fraction of sp³-hybridized carbons (Fsp3) is 0.133. The molecule has 7 heteroatoms. The maximum atomic E-state index is 12.6. The van der Waals surface area contributed by atoms with Gasteiger partial charge in [0.15, 0.2) is 17.3 Å². The molecule has 6 nitrogen and oxygen atoms in total. The van der Waals surface area contributed by atoms with Crippen LogP contribution in [0.1, 0.15) is 15.9 Å². The first-order valence-electron chi connectivity index (χ1n) is 6.44. The van der Waals surface area contributed by atoms with Crippen LogP contribution in [0.5, 0.6) is 11.5 Å². The van der Waals surface area contributed by atoms with Crippen LogP contribution in [0.2, 0.25) is 0 Å². The van der Waals surface area contributed by atoms with Gasteiger partial charge in [-0.3, -0.25) is 14.9 Å². The van der Waals surface area contributed by atoms with Crippen LogP contribution in [0.25, 0.3) is 0 Å². The van der Waals surface area contributed by atoms with E-state index >= 15 is 0 Å². The molecule has 0 saturated heterocycles. The molecule has 0 radical (unpaired) electrons. The minimum absolute atomic E-state index is 0.0171. The molecule has 0 saturated carbocycles. The normalized spacial score (nSPS) is 12.8. The molecule has 0 aromatic heterocycles. The Morgan fingerprint density at radius 2 is 1.68 bits per heavy atom. The molecule has 0 atom stereocenters. The molecule has 1 aliphatic rings. The molecule has 0 N–H and O–H groups in total. The highest BCUT2D eigenvalue weighted by molar-refractivity contribution is 9.10. The maximum absolute atomic E-state index is 12.6. The number of carbonyl (C=O) groups is 1. The number of hydrogen-bond donors (Lipinski definition) is 0. The van der Waals surface area contributed by atoms with Gasteiger partial charge >= 0.3 is 0 Å². The van der Waals surface area contributed by atoms with Gasteiger partial charge in [0, 0.05) is 16.1 Å². The molecule has 2 aromatic carbocycles. The topological polar surface area (TPSA) is 78.7 Å². The molecule has 2 aromatic rings. The van der Waals surface area contributed by atoms with Crippen molar-refractivity contribution in [3.8, 4) is 11.5 Å². The van der Waals surface area contributed by atoms with Gasteiger partial charge in [-0.2, -0.15) is 0 Å². The SMILES string of the molecule is O=C(c1ccc(Br)cc1)c1cc2c(cc1[N+](=O)[O-])OCCO2. The standard InChI is InChI=1S/C15H10BrNO5/c16-10-3-1-9(2-4-10)15(18)11-7-13-14(22-6-5-21-13)8-12(11)17(19)20/h1-4,7-8H,5-6H2. The second-order valence-corrected chi connectivity index (χ2v) is 5.52. The summed E-state index contributed by atoms with van der Waals surface area (Å²) >= 11 is 3.28. The molecule has 1 aliphatic heterocycles. The molecular weight excluding hydrogens is 354 g/mol. The third kappa shape index (κ3) is 2.67. The van der Waals surface area contributed by atoms with Crippen molar-refractivity contribution in [2.45, 2.75) is 0 Å². The van der Waals surface area contributed by atoms with Crippen LogP contribution in [-0.2, 0) is 0 Å². The largest absolute Gasteiger partial charge is 0.486 e. The quantitative estimate of drug-likeness (QED) is 0.474. The Kier molecular flexibility index (Phi) is 3.81. The van der Waals surface area contributed by atoms with Crippen molar-refractivity contribution in [2.75, 3.05) is 13.2 Å². The van der Waals surface area contributed by atoms with Crippen molar-refractivity contribution in [3.05, 3.63) is 62.1 Å². The van der Waals surface area contributed by atoms with E-state index in [-0.39, 0.29) is 17.0 Å². The zero-order valence-electron chi connectivity index (χ0n) is 11.2. The minimum Gasteiger partial charge on any atom is -0.486 e. The lowest BCUT2D eigenvalue weighted by molar-refractivity contribution is -0.385. The van der Waals surface area contributed by atoms with E-state index in [1.54, 1.807) is 24.3 Å². The summed E-state index contributed by atoms with van der Waals surface area (Å²) in [6.45, 7) is 0.668. The average Bonchev–Trinajstić information content (AvgIpc) is 2.53. The average molecular weight is 364 g/mol. The molecule has 3 rings (SSSR count). The summed E-state index contributed by atoms with van der Waals surface area (Å²) in [4.78, 5) is 23.2. The predicted octanol–water partition coefficient (Wildman–Crippen LogP) is 3.36. The fourth-order valence-electron chi connectivity index (χ4n) is 2.17. The van der Waals surface area contributed by atoms with E-state index in [4.69, 9.17) is 9.47 Å². The third-order valence-electron chi connectivity index (χ3n) is 3.21. The van der Waals surface area contributed by atoms with Crippen LogP contribution in [0, 0.1) is 10.1 Å². The van der Waals surface area contributed by atoms with E-state index < -0.39 is 10.7 Å². The maximum Gasteiger partial charge on any atom is 0.284 e. The van der Waals surface area contributed by atoms with E-state index in [0.717, 1.165) is 4.47 Å². The lowest BCUT2D eigenvalue weighted by Gasteiger charge is -2.18. The number of ether oxygens (including phenoxy) is 2. The molecule has 0 spiro atoms. The van der Waals surface area contributed by atoms with Gasteiger partial charge in [-0.25, -0.2) is 0 Å². The van der Waals surface area contributed by atoms with Crippen LogP contribution in [0.4, 0.5) is 5.69 Å². The van der Waals surface area contributed by atoms with Crippen molar-refractivity contribution in [1.82, 2.24) is 0 Å². The number of nitrogens with zero attached hydrogens (tertiary/aromatic N) is 1. The smallest absolute Gasteiger partial charge is 0.284 e. The van der Waals surface area contributed by atoms with Crippen molar-refractivity contribution < 1.29 is 19.2 Å². The first-order chi connectivity index (χ1) is 10.6. The Hall–Kier alpha value is -2.41. The second kappa shape index (κ2) is 5.76. The van der Waals surface area contributed by atoms with Crippen molar-refractivity contribution >= 4 is 27.4 Å². The van der Waals surface area contributed by atoms with Gasteiger partial charge in [-0.1, -0.05) is 15.9 Å². The number of hydrogen-bond acceptors (Lipinski definition) is 5. The molecule has 0 amide bonds. The summed E-state index contributed by atoms with van der Waals surface area (Å²) < 4.78 is 11.5. The van der Waals surface area contributed by atoms with Crippen LogP contribution >= 0.6 is 15.9 Å². The zero-order valence-corrected chi connectivity index (χ0v) is 12.8. The van der Waals surface area contributed by atoms with Gasteiger partial charge in [0.1, 0.15) is 18.8 Å². The van der Waals surface area contributed by atoms with Gasteiger partial charge in [0.2, 0.25) is 0 Å². The summed E-state index contributed by atoms with van der Waals surface area (Å²) in [5.74, 6) is 0.193. The number of nitro benzene ring substituents is 1. The summed E-state index contributed by atoms with van der Waals surface area (Å²) in [5, 5.41) is 11.2. The Morgan fingerprint density at radius 1 is 1.09 bits per heavy atom. The number of halogens is 1. The third-order valence-corrected chi connectivity index (χ3v) is 3.74. The summed E-state index contributed by atoms with van der Waals surface area (Å²) in [5.41, 5.74) is 0.0525. The molecule has 0 fully saturated rings. The van der Waals surface area contributed by atoms with Crippen LogP contribution < -0.4 is 9.47 Å². The number of ketones is 1. The summed E-state index contributed by atoms with van der Waals surface area (Å²) in [7, 11) is 0. The molecule has 22 heavy (non-hydrogen) atoms. The van der Waals surface area contributed by atoms with Crippen LogP contribution in [0.3, 0.4) is 0 Å². The predicted molar refractivity (Wildman–Crippen MR) is 81.7 cm³/mol. The van der Waals surface area contributed by atoms with E-state index in [1.165, 1.54) is 12.1 Å². The monoisotopic (exact) mass is 363 g/mol. The number of rotatable bonds is 3. The molecule has 1 heterocycles. The van der Waals surface area contributed by atoms with Gasteiger partial charge < -0.3 is 9.47 Å². The highest BCUT2D eigenvalue weighted by atomic mass is 79.9. The van der Waals surface area contributed by atoms with E-state index in [1.807, 2.05) is 0 Å². The Morgan fingerprint density at radius 3 is 2.27 bits per heavy atom. The molecular formula is C15H10BrNO5. The second-order valence-electron chi connectivity index (χ2n) is 4.61. The first kappa shape index (κ1) is 14.5. The van der Waals surface area contributed by atoms with E-state index in [2.05, 4.69) is 15.9 Å².